The molecule has 0 bridgehead atoms. The van der Waals surface area contributed by atoms with E-state index in [4.69, 9.17) is 4.74 Å². The second-order valence-electron chi connectivity index (χ2n) is 2.98. The summed E-state index contributed by atoms with van der Waals surface area (Å²) in [5, 5.41) is 11.8. The van der Waals surface area contributed by atoms with E-state index >= 15 is 0 Å². The van der Waals surface area contributed by atoms with Crippen LogP contribution in [0.3, 0.4) is 0 Å². The lowest BCUT2D eigenvalue weighted by atomic mass is 10.2. The zero-order chi connectivity index (χ0) is 11.5. The molecule has 0 aliphatic rings. The van der Waals surface area contributed by atoms with Crippen LogP contribution in [-0.4, -0.2) is 24.4 Å². The van der Waals surface area contributed by atoms with Crippen molar-refractivity contribution in [3.05, 3.63) is 24.0 Å². The molecule has 0 unspecified atom stereocenters. The molecule has 4 nitrogen and oxygen atoms in total. The molecule has 1 aromatic carbocycles. The van der Waals surface area contributed by atoms with Crippen LogP contribution >= 0.6 is 11.3 Å². The first-order chi connectivity index (χ1) is 7.76. The van der Waals surface area contributed by atoms with Crippen LogP contribution in [0.5, 0.6) is 5.75 Å². The maximum absolute atomic E-state index is 13.9. The Balaban J connectivity index is 2.47. The molecule has 0 radical (unpaired) electrons. The maximum atomic E-state index is 13.9. The van der Waals surface area contributed by atoms with Gasteiger partial charge in [-0.05, 0) is 12.1 Å². The van der Waals surface area contributed by atoms with Gasteiger partial charge in [-0.15, -0.1) is 10.2 Å². The second-order valence-corrected chi connectivity index (χ2v) is 3.96. The van der Waals surface area contributed by atoms with Crippen LogP contribution in [0.15, 0.2) is 18.2 Å². The van der Waals surface area contributed by atoms with Crippen molar-refractivity contribution in [1.29, 1.82) is 0 Å². The first kappa shape index (κ1) is 10.8. The first-order valence-electron chi connectivity index (χ1n) is 4.60. The molecule has 0 atom stereocenters. The summed E-state index contributed by atoms with van der Waals surface area (Å²) in [5.74, 6) is -0.206. The van der Waals surface area contributed by atoms with Gasteiger partial charge in [-0.2, -0.15) is 0 Å². The molecule has 0 fully saturated rings. The van der Waals surface area contributed by atoms with Crippen molar-refractivity contribution >= 4 is 16.5 Å². The van der Waals surface area contributed by atoms with Crippen molar-refractivity contribution in [2.24, 2.45) is 0 Å². The van der Waals surface area contributed by atoms with Gasteiger partial charge in [0.25, 0.3) is 0 Å². The SMILES string of the molecule is CNc1nnc(-c2cccc(OC)c2F)s1. The maximum Gasteiger partial charge on any atom is 0.205 e. The van der Waals surface area contributed by atoms with Crippen molar-refractivity contribution in [2.45, 2.75) is 0 Å². The number of halogens is 1. The predicted octanol–water partition coefficient (Wildman–Crippen LogP) is 2.39. The number of nitrogens with one attached hydrogen (secondary N) is 1. The van der Waals surface area contributed by atoms with Gasteiger partial charge in [-0.25, -0.2) is 4.39 Å². The minimum Gasteiger partial charge on any atom is -0.494 e. The quantitative estimate of drug-likeness (QED) is 0.893. The second kappa shape index (κ2) is 4.44. The van der Waals surface area contributed by atoms with Crippen LogP contribution < -0.4 is 10.1 Å². The molecule has 1 N–H and O–H groups in total. The number of ether oxygens (including phenoxy) is 1. The summed E-state index contributed by atoms with van der Waals surface area (Å²) in [7, 11) is 3.17. The number of methoxy groups -OCH3 is 1. The van der Waals surface area contributed by atoms with Crippen LogP contribution in [0.25, 0.3) is 10.6 Å². The summed E-state index contributed by atoms with van der Waals surface area (Å²) in [6.07, 6.45) is 0. The normalized spacial score (nSPS) is 10.2. The number of anilines is 1. The van der Waals surface area contributed by atoms with Gasteiger partial charge in [0.1, 0.15) is 0 Å². The third-order valence-corrected chi connectivity index (χ3v) is 3.03. The number of hydrogen-bond acceptors (Lipinski definition) is 5. The van der Waals surface area contributed by atoms with Gasteiger partial charge < -0.3 is 10.1 Å². The summed E-state index contributed by atoms with van der Waals surface area (Å²) in [6, 6.07) is 4.94. The van der Waals surface area contributed by atoms with Gasteiger partial charge in [0.2, 0.25) is 5.13 Å². The largest absolute Gasteiger partial charge is 0.494 e. The number of hydrogen-bond donors (Lipinski definition) is 1. The molecular weight excluding hydrogens is 229 g/mol. The zero-order valence-corrected chi connectivity index (χ0v) is 9.64. The minimum atomic E-state index is -0.413. The van der Waals surface area contributed by atoms with Crippen LogP contribution in [0.4, 0.5) is 9.52 Å². The lowest BCUT2D eigenvalue weighted by Crippen LogP contribution is -1.90. The van der Waals surface area contributed by atoms with Gasteiger partial charge >= 0.3 is 0 Å². The average Bonchev–Trinajstić information content (AvgIpc) is 2.78. The van der Waals surface area contributed by atoms with E-state index in [1.807, 2.05) is 0 Å². The summed E-state index contributed by atoms with van der Waals surface area (Å²) in [4.78, 5) is 0. The highest BCUT2D eigenvalue weighted by Crippen LogP contribution is 2.31. The first-order valence-corrected chi connectivity index (χ1v) is 5.42. The molecule has 16 heavy (non-hydrogen) atoms. The summed E-state index contributed by atoms with van der Waals surface area (Å²) < 4.78 is 18.8. The van der Waals surface area contributed by atoms with Crippen molar-refractivity contribution < 1.29 is 9.13 Å². The topological polar surface area (TPSA) is 47.0 Å². The zero-order valence-electron chi connectivity index (χ0n) is 8.82. The van der Waals surface area contributed by atoms with Crippen LogP contribution in [0, 0.1) is 5.82 Å². The molecule has 2 aromatic rings. The Kier molecular flexibility index (Phi) is 3.00. The Morgan fingerprint density at radius 3 is 2.81 bits per heavy atom. The molecule has 0 saturated carbocycles. The molecule has 0 spiro atoms. The molecular formula is C10H10FN3OS. The van der Waals surface area contributed by atoms with Crippen LogP contribution in [-0.2, 0) is 0 Å². The van der Waals surface area contributed by atoms with Crippen LogP contribution in [0.1, 0.15) is 0 Å². The van der Waals surface area contributed by atoms with E-state index in [0.29, 0.717) is 15.7 Å². The highest BCUT2D eigenvalue weighted by Gasteiger charge is 2.14. The Bertz CT molecular complexity index is 501. The van der Waals surface area contributed by atoms with E-state index in [1.54, 1.807) is 25.2 Å². The lowest BCUT2D eigenvalue weighted by Gasteiger charge is -2.03. The Morgan fingerprint density at radius 2 is 2.19 bits per heavy atom. The number of nitrogens with zero attached hydrogens (tertiary/aromatic N) is 2. The lowest BCUT2D eigenvalue weighted by molar-refractivity contribution is 0.387. The fourth-order valence-corrected chi connectivity index (χ4v) is 1.98. The molecule has 0 saturated heterocycles. The van der Waals surface area contributed by atoms with Crippen molar-refractivity contribution in [2.75, 3.05) is 19.5 Å². The third-order valence-electron chi connectivity index (χ3n) is 2.05. The van der Waals surface area contributed by atoms with E-state index in [9.17, 15) is 4.39 Å². The van der Waals surface area contributed by atoms with Crippen LogP contribution in [0.2, 0.25) is 0 Å². The summed E-state index contributed by atoms with van der Waals surface area (Å²) >= 11 is 1.29. The molecule has 1 aromatic heterocycles. The van der Waals surface area contributed by atoms with Gasteiger partial charge in [0.05, 0.1) is 12.7 Å². The monoisotopic (exact) mass is 239 g/mol. The minimum absolute atomic E-state index is 0.207. The average molecular weight is 239 g/mol. The van der Waals surface area contributed by atoms with E-state index in [1.165, 1.54) is 18.4 Å². The fourth-order valence-electron chi connectivity index (χ4n) is 1.27. The van der Waals surface area contributed by atoms with Crippen molar-refractivity contribution in [3.63, 3.8) is 0 Å². The van der Waals surface area contributed by atoms with E-state index in [-0.39, 0.29) is 5.75 Å². The van der Waals surface area contributed by atoms with Gasteiger partial charge in [0.15, 0.2) is 16.6 Å². The fraction of sp³-hybridized carbons (Fsp3) is 0.200. The Morgan fingerprint density at radius 1 is 1.38 bits per heavy atom. The smallest absolute Gasteiger partial charge is 0.205 e. The molecule has 1 heterocycles. The molecule has 0 aliphatic carbocycles. The van der Waals surface area contributed by atoms with E-state index in [0.717, 1.165) is 0 Å². The third kappa shape index (κ3) is 1.83. The van der Waals surface area contributed by atoms with Gasteiger partial charge in [0, 0.05) is 7.05 Å². The summed E-state index contributed by atoms with van der Waals surface area (Å²) in [6.45, 7) is 0. The predicted molar refractivity (Wildman–Crippen MR) is 61.4 cm³/mol. The van der Waals surface area contributed by atoms with Crippen molar-refractivity contribution in [3.8, 4) is 16.3 Å². The van der Waals surface area contributed by atoms with Gasteiger partial charge in [-0.1, -0.05) is 17.4 Å². The molecule has 0 aliphatic heterocycles. The number of rotatable bonds is 3. The standard InChI is InChI=1S/C10H10FN3OS/c1-12-10-14-13-9(16-10)6-4-3-5-7(15-2)8(6)11/h3-5H,1-2H3,(H,12,14). The Labute approximate surface area is 96.1 Å². The molecule has 6 heteroatoms. The Hall–Kier alpha value is -1.69. The summed E-state index contributed by atoms with van der Waals surface area (Å²) in [5.41, 5.74) is 0.401. The number of benzene rings is 1. The van der Waals surface area contributed by atoms with E-state index in [2.05, 4.69) is 15.5 Å². The highest BCUT2D eigenvalue weighted by atomic mass is 32.1. The molecule has 84 valence electrons. The highest BCUT2D eigenvalue weighted by molar-refractivity contribution is 7.18. The van der Waals surface area contributed by atoms with Gasteiger partial charge in [-0.3, -0.25) is 0 Å². The van der Waals surface area contributed by atoms with Crippen molar-refractivity contribution in [1.82, 2.24) is 10.2 Å². The molecule has 2 rings (SSSR count). The number of aromatic nitrogens is 2. The van der Waals surface area contributed by atoms with E-state index < -0.39 is 5.82 Å². The molecule has 0 amide bonds.